The number of rotatable bonds is 4. The Morgan fingerprint density at radius 3 is 2.87 bits per heavy atom. The van der Waals surface area contributed by atoms with Gasteiger partial charge in [-0.3, -0.25) is 9.78 Å². The van der Waals surface area contributed by atoms with E-state index in [1.165, 1.54) is 0 Å². The first kappa shape index (κ1) is 9.96. The van der Waals surface area contributed by atoms with Gasteiger partial charge in [-0.2, -0.15) is 0 Å². The number of anilines is 1. The molecule has 1 aromatic rings. The normalized spacial score (nSPS) is 17.1. The molecule has 15 heavy (non-hydrogen) atoms. The maximum atomic E-state index is 11.0. The van der Waals surface area contributed by atoms with Gasteiger partial charge in [-0.25, -0.2) is 0 Å². The molecule has 1 heterocycles. The molecular formula is C11H14N2O2. The molecule has 1 saturated carbocycles. The van der Waals surface area contributed by atoms with Crippen LogP contribution in [0.2, 0.25) is 0 Å². The third-order valence-electron chi connectivity index (χ3n) is 2.93. The van der Waals surface area contributed by atoms with E-state index in [4.69, 9.17) is 5.11 Å². The molecule has 0 bridgehead atoms. The van der Waals surface area contributed by atoms with Crippen LogP contribution < -0.4 is 4.90 Å². The summed E-state index contributed by atoms with van der Waals surface area (Å²) in [6.45, 7) is 0.564. The number of carboxylic acids is 1. The predicted molar refractivity (Wildman–Crippen MR) is 56.8 cm³/mol. The van der Waals surface area contributed by atoms with Gasteiger partial charge >= 0.3 is 5.97 Å². The highest BCUT2D eigenvalue weighted by Gasteiger charge is 2.50. The average molecular weight is 206 g/mol. The van der Waals surface area contributed by atoms with Gasteiger partial charge in [0.2, 0.25) is 0 Å². The Bertz CT molecular complexity index is 360. The Balaban J connectivity index is 2.05. The molecule has 0 amide bonds. The van der Waals surface area contributed by atoms with Crippen molar-refractivity contribution in [1.29, 1.82) is 0 Å². The van der Waals surface area contributed by atoms with Crippen LogP contribution in [0.15, 0.2) is 24.5 Å². The first-order valence-corrected chi connectivity index (χ1v) is 4.99. The molecule has 0 aliphatic heterocycles. The largest absolute Gasteiger partial charge is 0.481 e. The molecule has 80 valence electrons. The van der Waals surface area contributed by atoms with Gasteiger partial charge in [-0.05, 0) is 25.0 Å². The molecule has 2 rings (SSSR count). The molecule has 0 spiro atoms. The van der Waals surface area contributed by atoms with Crippen LogP contribution >= 0.6 is 0 Å². The van der Waals surface area contributed by atoms with Crippen molar-refractivity contribution in [3.8, 4) is 0 Å². The number of aliphatic carboxylic acids is 1. The molecule has 0 radical (unpaired) electrons. The minimum Gasteiger partial charge on any atom is -0.481 e. The minimum atomic E-state index is -0.682. The van der Waals surface area contributed by atoms with Gasteiger partial charge in [0, 0.05) is 19.8 Å². The number of hydrogen-bond acceptors (Lipinski definition) is 3. The van der Waals surface area contributed by atoms with E-state index >= 15 is 0 Å². The Morgan fingerprint density at radius 1 is 1.67 bits per heavy atom. The van der Waals surface area contributed by atoms with E-state index in [0.29, 0.717) is 6.54 Å². The number of nitrogens with zero attached hydrogens (tertiary/aromatic N) is 2. The van der Waals surface area contributed by atoms with E-state index in [-0.39, 0.29) is 0 Å². The van der Waals surface area contributed by atoms with Crippen molar-refractivity contribution < 1.29 is 9.90 Å². The van der Waals surface area contributed by atoms with Gasteiger partial charge in [0.05, 0.1) is 17.3 Å². The van der Waals surface area contributed by atoms with Crippen LogP contribution in [-0.2, 0) is 4.79 Å². The number of carboxylic acid groups (broad SMARTS) is 1. The topological polar surface area (TPSA) is 53.4 Å². The zero-order chi connectivity index (χ0) is 10.9. The van der Waals surface area contributed by atoms with Crippen LogP contribution in [0.5, 0.6) is 0 Å². The van der Waals surface area contributed by atoms with E-state index in [9.17, 15) is 4.79 Å². The van der Waals surface area contributed by atoms with Crippen molar-refractivity contribution in [2.75, 3.05) is 18.5 Å². The van der Waals surface area contributed by atoms with Crippen LogP contribution in [0.1, 0.15) is 12.8 Å². The van der Waals surface area contributed by atoms with E-state index in [1.807, 2.05) is 24.1 Å². The monoisotopic (exact) mass is 206 g/mol. The lowest BCUT2D eigenvalue weighted by Gasteiger charge is -2.22. The summed E-state index contributed by atoms with van der Waals surface area (Å²) < 4.78 is 0. The molecule has 0 unspecified atom stereocenters. The van der Waals surface area contributed by atoms with E-state index < -0.39 is 11.4 Å². The second-order valence-corrected chi connectivity index (χ2v) is 4.15. The maximum Gasteiger partial charge on any atom is 0.311 e. The quantitative estimate of drug-likeness (QED) is 0.808. The molecule has 0 atom stereocenters. The van der Waals surface area contributed by atoms with Gasteiger partial charge in [0.25, 0.3) is 0 Å². The van der Waals surface area contributed by atoms with Gasteiger partial charge in [-0.15, -0.1) is 0 Å². The molecule has 4 nitrogen and oxygen atoms in total. The lowest BCUT2D eigenvalue weighted by Crippen LogP contribution is -2.31. The molecule has 1 aliphatic carbocycles. The highest BCUT2D eigenvalue weighted by molar-refractivity contribution is 5.78. The summed E-state index contributed by atoms with van der Waals surface area (Å²) in [6, 6.07) is 3.79. The standard InChI is InChI=1S/C11H14N2O2/c1-13(9-3-2-6-12-7-9)8-11(4-5-11)10(14)15/h2-3,6-7H,4-5,8H2,1H3,(H,14,15). The van der Waals surface area contributed by atoms with E-state index in [2.05, 4.69) is 4.98 Å². The third-order valence-corrected chi connectivity index (χ3v) is 2.93. The predicted octanol–water partition coefficient (Wildman–Crippen LogP) is 1.38. The number of hydrogen-bond donors (Lipinski definition) is 1. The summed E-state index contributed by atoms with van der Waals surface area (Å²) in [4.78, 5) is 17.0. The molecule has 4 heteroatoms. The zero-order valence-corrected chi connectivity index (χ0v) is 8.68. The van der Waals surface area contributed by atoms with Crippen LogP contribution in [0, 0.1) is 5.41 Å². The Hall–Kier alpha value is -1.58. The highest BCUT2D eigenvalue weighted by atomic mass is 16.4. The van der Waals surface area contributed by atoms with Crippen LogP contribution in [0.25, 0.3) is 0 Å². The SMILES string of the molecule is CN(CC1(C(=O)O)CC1)c1cccnc1. The first-order chi connectivity index (χ1) is 7.14. The highest BCUT2D eigenvalue weighted by Crippen LogP contribution is 2.46. The number of aromatic nitrogens is 1. The molecular weight excluding hydrogens is 192 g/mol. The Kier molecular flexibility index (Phi) is 2.34. The molecule has 0 aromatic carbocycles. The van der Waals surface area contributed by atoms with E-state index in [1.54, 1.807) is 12.4 Å². The van der Waals surface area contributed by atoms with Crippen LogP contribution in [0.3, 0.4) is 0 Å². The van der Waals surface area contributed by atoms with Gasteiger partial charge in [0.1, 0.15) is 0 Å². The van der Waals surface area contributed by atoms with Gasteiger partial charge < -0.3 is 10.0 Å². The van der Waals surface area contributed by atoms with Gasteiger partial charge in [0.15, 0.2) is 0 Å². The van der Waals surface area contributed by atoms with Crippen molar-refractivity contribution in [3.63, 3.8) is 0 Å². The van der Waals surface area contributed by atoms with Crippen molar-refractivity contribution >= 4 is 11.7 Å². The molecule has 1 aromatic heterocycles. The molecule has 1 N–H and O–H groups in total. The maximum absolute atomic E-state index is 11.0. The lowest BCUT2D eigenvalue weighted by molar-refractivity contribution is -0.142. The zero-order valence-electron chi connectivity index (χ0n) is 8.68. The Labute approximate surface area is 88.6 Å². The summed E-state index contributed by atoms with van der Waals surface area (Å²) in [7, 11) is 1.90. The molecule has 1 fully saturated rings. The second kappa shape index (κ2) is 3.53. The summed E-state index contributed by atoms with van der Waals surface area (Å²) in [5.41, 5.74) is 0.454. The summed E-state index contributed by atoms with van der Waals surface area (Å²) in [5.74, 6) is -0.682. The summed E-state index contributed by atoms with van der Waals surface area (Å²) in [5, 5.41) is 9.06. The fraction of sp³-hybridized carbons (Fsp3) is 0.455. The molecule has 0 saturated heterocycles. The van der Waals surface area contributed by atoms with Crippen molar-refractivity contribution in [2.45, 2.75) is 12.8 Å². The fourth-order valence-electron chi connectivity index (χ4n) is 1.72. The summed E-state index contributed by atoms with van der Waals surface area (Å²) in [6.07, 6.45) is 5.03. The van der Waals surface area contributed by atoms with Crippen molar-refractivity contribution in [2.24, 2.45) is 5.41 Å². The Morgan fingerprint density at radius 2 is 2.40 bits per heavy atom. The first-order valence-electron chi connectivity index (χ1n) is 4.99. The van der Waals surface area contributed by atoms with E-state index in [0.717, 1.165) is 18.5 Å². The minimum absolute atomic E-state index is 0.509. The summed E-state index contributed by atoms with van der Waals surface area (Å²) >= 11 is 0. The van der Waals surface area contributed by atoms with Gasteiger partial charge in [-0.1, -0.05) is 0 Å². The van der Waals surface area contributed by atoms with Crippen LogP contribution in [-0.4, -0.2) is 29.7 Å². The fourth-order valence-corrected chi connectivity index (χ4v) is 1.72. The number of pyridine rings is 1. The van der Waals surface area contributed by atoms with Crippen LogP contribution in [0.4, 0.5) is 5.69 Å². The van der Waals surface area contributed by atoms with Crippen molar-refractivity contribution in [1.82, 2.24) is 4.98 Å². The van der Waals surface area contributed by atoms with Crippen molar-refractivity contribution in [3.05, 3.63) is 24.5 Å². The second-order valence-electron chi connectivity index (χ2n) is 4.15. The smallest absolute Gasteiger partial charge is 0.311 e. The lowest BCUT2D eigenvalue weighted by atomic mass is 10.1. The molecule has 1 aliphatic rings. The number of carbonyl (C=O) groups is 1. The third kappa shape index (κ3) is 1.93. The average Bonchev–Trinajstić information content (AvgIpc) is 3.00.